The Hall–Kier alpha value is -5.28. The molecule has 2 nitrogen and oxygen atoms in total. The highest BCUT2D eigenvalue weighted by Crippen LogP contribution is 2.52. The molecule has 6 aromatic carbocycles. The van der Waals surface area contributed by atoms with Gasteiger partial charge in [-0.25, -0.2) is 0 Å². The summed E-state index contributed by atoms with van der Waals surface area (Å²) in [6.07, 6.45) is 14.5. The van der Waals surface area contributed by atoms with E-state index in [-0.39, 0.29) is 6.71 Å². The minimum atomic E-state index is 0.132. The Labute approximate surface area is 346 Å². The standard InChI is InChI=1S/C55H55BN2/c1-6-8-12-37-19-22-42(23-20-37)57-50-24-17-34(3)27-47(50)56-48-28-35(4)18-25-51(48)58(53-30-36(5)29-52(57)55(53)56)49-26-21-41(45-32-38(45)11-7-2)33-46(49)54-43-15-9-13-39(43)31-40-14-10-16-44(40)54/h17-31,33H,6-16,32H2,1-5H3. The van der Waals surface area contributed by atoms with Gasteiger partial charge in [0.1, 0.15) is 0 Å². The van der Waals surface area contributed by atoms with Gasteiger partial charge in [0.25, 0.3) is 6.71 Å². The van der Waals surface area contributed by atoms with E-state index in [2.05, 4.69) is 141 Å². The number of allylic oxidation sites excluding steroid dienone is 2. The molecule has 0 saturated heterocycles. The smallest absolute Gasteiger partial charge is 0.252 e. The van der Waals surface area contributed by atoms with Crippen molar-refractivity contribution in [2.45, 2.75) is 112 Å². The minimum Gasteiger partial charge on any atom is -0.311 e. The topological polar surface area (TPSA) is 6.48 Å². The summed E-state index contributed by atoms with van der Waals surface area (Å²) >= 11 is 0. The normalized spacial score (nSPS) is 15.7. The lowest BCUT2D eigenvalue weighted by atomic mass is 9.33. The van der Waals surface area contributed by atoms with Crippen molar-refractivity contribution in [3.8, 4) is 11.1 Å². The first-order valence-corrected chi connectivity index (χ1v) is 22.5. The quantitative estimate of drug-likeness (QED) is 0.135. The molecule has 0 bridgehead atoms. The Balaban J connectivity index is 1.19. The Morgan fingerprint density at radius 3 is 1.84 bits per heavy atom. The van der Waals surface area contributed by atoms with Crippen LogP contribution in [-0.4, -0.2) is 6.71 Å². The van der Waals surface area contributed by atoms with E-state index in [9.17, 15) is 0 Å². The van der Waals surface area contributed by atoms with Crippen LogP contribution in [0.1, 0.15) is 109 Å². The van der Waals surface area contributed by atoms with Crippen molar-refractivity contribution in [3.05, 3.63) is 153 Å². The monoisotopic (exact) mass is 754 g/mol. The Morgan fingerprint density at radius 1 is 0.552 bits per heavy atom. The number of benzene rings is 6. The van der Waals surface area contributed by atoms with Gasteiger partial charge < -0.3 is 9.80 Å². The maximum absolute atomic E-state index is 2.70. The van der Waals surface area contributed by atoms with Gasteiger partial charge >= 0.3 is 0 Å². The molecule has 288 valence electrons. The molecular weight excluding hydrogens is 699 g/mol. The van der Waals surface area contributed by atoms with Gasteiger partial charge in [-0.05, 0) is 200 Å². The second kappa shape index (κ2) is 13.9. The Kier molecular flexibility index (Phi) is 8.61. The first-order valence-electron chi connectivity index (χ1n) is 22.5. The van der Waals surface area contributed by atoms with Crippen molar-refractivity contribution >= 4 is 62.8 Å². The lowest BCUT2D eigenvalue weighted by Gasteiger charge is -2.45. The zero-order valence-corrected chi connectivity index (χ0v) is 35.2. The van der Waals surface area contributed by atoms with Gasteiger partial charge in [0.05, 0.1) is 5.69 Å². The average molecular weight is 755 g/mol. The largest absolute Gasteiger partial charge is 0.311 e. The van der Waals surface area contributed by atoms with E-state index in [0.717, 1.165) is 6.42 Å². The van der Waals surface area contributed by atoms with E-state index in [1.165, 1.54) is 155 Å². The van der Waals surface area contributed by atoms with E-state index in [0.29, 0.717) is 0 Å². The number of unbranched alkanes of at least 4 members (excludes halogenated alkanes) is 1. The van der Waals surface area contributed by atoms with Gasteiger partial charge in [-0.3, -0.25) is 0 Å². The molecule has 0 radical (unpaired) electrons. The second-order valence-electron chi connectivity index (χ2n) is 18.2. The van der Waals surface area contributed by atoms with Crippen LogP contribution < -0.4 is 26.2 Å². The molecule has 0 saturated carbocycles. The van der Waals surface area contributed by atoms with Crippen LogP contribution in [-0.2, 0) is 32.1 Å². The third-order valence-electron chi connectivity index (χ3n) is 14.1. The summed E-state index contributed by atoms with van der Waals surface area (Å²) in [5.74, 6) is 0. The van der Waals surface area contributed by atoms with E-state index < -0.39 is 0 Å². The van der Waals surface area contributed by atoms with E-state index in [4.69, 9.17) is 0 Å². The maximum Gasteiger partial charge on any atom is 0.252 e. The van der Waals surface area contributed by atoms with Crippen LogP contribution in [0.2, 0.25) is 0 Å². The molecule has 58 heavy (non-hydrogen) atoms. The van der Waals surface area contributed by atoms with Crippen LogP contribution >= 0.6 is 0 Å². The van der Waals surface area contributed by atoms with Crippen LogP contribution in [0.15, 0.2) is 103 Å². The molecule has 3 heteroatoms. The molecule has 0 spiro atoms. The Bertz CT molecular complexity index is 2670. The number of fused-ring (bicyclic) bond motifs is 6. The third kappa shape index (κ3) is 5.67. The van der Waals surface area contributed by atoms with Crippen molar-refractivity contribution in [2.24, 2.45) is 0 Å². The summed E-state index contributed by atoms with van der Waals surface area (Å²) in [6, 6.07) is 39.1. The molecule has 6 aromatic rings. The lowest BCUT2D eigenvalue weighted by molar-refractivity contribution is 0.795. The summed E-state index contributed by atoms with van der Waals surface area (Å²) in [7, 11) is 0. The van der Waals surface area contributed by atoms with Crippen molar-refractivity contribution in [3.63, 3.8) is 0 Å². The molecule has 0 aromatic heterocycles. The fourth-order valence-corrected chi connectivity index (χ4v) is 11.4. The second-order valence-corrected chi connectivity index (χ2v) is 18.2. The fraction of sp³-hybridized carbons (Fsp3) is 0.309. The van der Waals surface area contributed by atoms with Gasteiger partial charge in [0.15, 0.2) is 0 Å². The summed E-state index contributed by atoms with van der Waals surface area (Å²) in [6.45, 7) is 11.6. The molecule has 0 unspecified atom stereocenters. The van der Waals surface area contributed by atoms with E-state index in [1.807, 2.05) is 0 Å². The van der Waals surface area contributed by atoms with Crippen LogP contribution in [0, 0.1) is 20.8 Å². The zero-order chi connectivity index (χ0) is 39.2. The third-order valence-corrected chi connectivity index (χ3v) is 14.1. The SMILES string of the molecule is CCCCc1ccc(N2c3ccc(C)cc3B3c4cc(C)ccc4N(c4ccc(C5=C(CCC)C5)cc4-c4c5c(cc6c4CCC6)CCC5)c4cc(C)cc2c43)cc1. The summed E-state index contributed by atoms with van der Waals surface area (Å²) in [5.41, 5.74) is 31.5. The van der Waals surface area contributed by atoms with E-state index in [1.54, 1.807) is 39.0 Å². The molecule has 2 heterocycles. The molecule has 0 atom stereocenters. The van der Waals surface area contributed by atoms with Gasteiger partial charge in [-0.1, -0.05) is 91.9 Å². The number of anilines is 6. The number of nitrogens with zero attached hydrogens (tertiary/aromatic N) is 2. The summed E-state index contributed by atoms with van der Waals surface area (Å²) in [5, 5.41) is 0. The van der Waals surface area contributed by atoms with Crippen LogP contribution in [0.4, 0.5) is 34.1 Å². The molecule has 0 N–H and O–H groups in total. The Morgan fingerprint density at radius 2 is 1.19 bits per heavy atom. The highest BCUT2D eigenvalue weighted by Gasteiger charge is 2.44. The number of rotatable bonds is 9. The van der Waals surface area contributed by atoms with Crippen molar-refractivity contribution in [1.29, 1.82) is 0 Å². The maximum atomic E-state index is 2.70. The van der Waals surface area contributed by atoms with Crippen LogP contribution in [0.25, 0.3) is 16.7 Å². The van der Waals surface area contributed by atoms with Crippen LogP contribution in [0.3, 0.4) is 0 Å². The highest BCUT2D eigenvalue weighted by molar-refractivity contribution is 7.00. The average Bonchev–Trinajstić information content (AvgIpc) is 3.57. The predicted octanol–water partition coefficient (Wildman–Crippen LogP) is 12.6. The molecule has 0 amide bonds. The fourth-order valence-electron chi connectivity index (χ4n) is 11.4. The molecule has 0 fully saturated rings. The minimum absolute atomic E-state index is 0.132. The van der Waals surface area contributed by atoms with Crippen molar-refractivity contribution in [1.82, 2.24) is 0 Å². The van der Waals surface area contributed by atoms with Crippen molar-refractivity contribution < 1.29 is 0 Å². The zero-order valence-electron chi connectivity index (χ0n) is 35.2. The summed E-state index contributed by atoms with van der Waals surface area (Å²) < 4.78 is 0. The van der Waals surface area contributed by atoms with Gasteiger partial charge in [0, 0.05) is 34.0 Å². The number of aryl methyl sites for hydroxylation is 6. The van der Waals surface area contributed by atoms with Crippen molar-refractivity contribution in [2.75, 3.05) is 9.80 Å². The highest BCUT2D eigenvalue weighted by atomic mass is 15.2. The molecule has 3 aliphatic carbocycles. The van der Waals surface area contributed by atoms with E-state index >= 15 is 0 Å². The molecule has 5 aliphatic rings. The number of hydrogen-bond acceptors (Lipinski definition) is 2. The summed E-state index contributed by atoms with van der Waals surface area (Å²) in [4.78, 5) is 5.28. The molecular formula is C55H55BN2. The van der Waals surface area contributed by atoms with Gasteiger partial charge in [0.2, 0.25) is 0 Å². The molecule has 11 rings (SSSR count). The first kappa shape index (κ1) is 35.9. The molecule has 2 aliphatic heterocycles. The van der Waals surface area contributed by atoms with Gasteiger partial charge in [-0.2, -0.15) is 0 Å². The first-order chi connectivity index (χ1) is 28.4. The van der Waals surface area contributed by atoms with Gasteiger partial charge in [-0.15, -0.1) is 0 Å². The predicted molar refractivity (Wildman–Crippen MR) is 249 cm³/mol. The number of hydrogen-bond donors (Lipinski definition) is 0. The lowest BCUT2D eigenvalue weighted by Crippen LogP contribution is -2.61. The van der Waals surface area contributed by atoms with Crippen LogP contribution in [0.5, 0.6) is 0 Å².